The molecule has 1 heterocycles. The Kier molecular flexibility index (Phi) is 4.76. The number of rotatable bonds is 5. The van der Waals surface area contributed by atoms with E-state index in [-0.39, 0.29) is 11.5 Å². The van der Waals surface area contributed by atoms with Gasteiger partial charge in [0.05, 0.1) is 5.60 Å². The molecule has 0 aromatic heterocycles. The van der Waals surface area contributed by atoms with E-state index >= 15 is 0 Å². The summed E-state index contributed by atoms with van der Waals surface area (Å²) >= 11 is 0. The maximum Gasteiger partial charge on any atom is 0.254 e. The van der Waals surface area contributed by atoms with Crippen molar-refractivity contribution in [3.05, 3.63) is 0 Å². The number of amides is 1. The topological polar surface area (TPSA) is 32.8 Å². The number of morpholine rings is 1. The molecule has 1 amide bonds. The number of ether oxygens (including phenoxy) is 1. The minimum Gasteiger partial charge on any atom is -0.357 e. The minimum atomic E-state index is -0.426. The molecule has 0 atom stereocenters. The molecule has 0 radical (unpaired) electrons. The van der Waals surface area contributed by atoms with E-state index in [9.17, 15) is 4.79 Å². The van der Waals surface area contributed by atoms with Gasteiger partial charge in [0.25, 0.3) is 5.91 Å². The Labute approximate surface area is 141 Å². The molecule has 0 N–H and O–H groups in total. The molecule has 2 saturated carbocycles. The number of carbonyl (C=O) groups is 1. The molecular formula is C19H34N2O2. The molecule has 4 nitrogen and oxygen atoms in total. The van der Waals surface area contributed by atoms with E-state index in [1.54, 1.807) is 0 Å². The van der Waals surface area contributed by atoms with Crippen LogP contribution in [0.4, 0.5) is 0 Å². The van der Waals surface area contributed by atoms with E-state index in [4.69, 9.17) is 4.74 Å². The van der Waals surface area contributed by atoms with E-state index in [1.807, 2.05) is 0 Å². The molecule has 0 aromatic carbocycles. The number of hydrogen-bond donors (Lipinski definition) is 0. The van der Waals surface area contributed by atoms with Crippen LogP contribution < -0.4 is 0 Å². The molecule has 0 unspecified atom stereocenters. The standard InChI is InChI=1S/C19H34N2O2/c1-5-21-14-18(23-19(11-12-19)17(21)22)9-6-16(7-10-18)20(4)13-8-15(2)3/h15-16H,5-14H2,1-4H3/t16-,18-. The number of likely N-dealkylation sites (N-methyl/N-ethyl adjacent to an activating group) is 1. The van der Waals surface area contributed by atoms with Gasteiger partial charge in [-0.3, -0.25) is 4.79 Å². The van der Waals surface area contributed by atoms with Gasteiger partial charge in [-0.2, -0.15) is 0 Å². The van der Waals surface area contributed by atoms with E-state index in [0.717, 1.165) is 44.7 Å². The van der Waals surface area contributed by atoms with Crippen LogP contribution in [0.25, 0.3) is 0 Å². The van der Waals surface area contributed by atoms with Crippen molar-refractivity contribution in [2.24, 2.45) is 5.92 Å². The van der Waals surface area contributed by atoms with Gasteiger partial charge < -0.3 is 14.5 Å². The summed E-state index contributed by atoms with van der Waals surface area (Å²) in [5.41, 5.74) is -0.486. The van der Waals surface area contributed by atoms with E-state index in [2.05, 4.69) is 37.6 Å². The molecule has 1 saturated heterocycles. The van der Waals surface area contributed by atoms with Gasteiger partial charge in [0.2, 0.25) is 0 Å². The SMILES string of the molecule is CCN1C[C@]2(CC[C@@H](N(C)CCC(C)C)CC2)OC2(CC2)C1=O. The zero-order valence-electron chi connectivity index (χ0n) is 15.4. The fourth-order valence-corrected chi connectivity index (χ4v) is 4.36. The highest BCUT2D eigenvalue weighted by Gasteiger charge is 2.61. The first-order chi connectivity index (χ1) is 10.9. The molecule has 2 spiro atoms. The predicted octanol–water partition coefficient (Wildman–Crippen LogP) is 3.06. The highest BCUT2D eigenvalue weighted by atomic mass is 16.5. The molecule has 4 heteroatoms. The average molecular weight is 322 g/mol. The molecule has 2 aliphatic carbocycles. The number of carbonyl (C=O) groups excluding carboxylic acids is 1. The van der Waals surface area contributed by atoms with Gasteiger partial charge in [0.1, 0.15) is 5.60 Å². The first-order valence-corrected chi connectivity index (χ1v) is 9.59. The summed E-state index contributed by atoms with van der Waals surface area (Å²) in [4.78, 5) is 17.1. The molecular weight excluding hydrogens is 288 g/mol. The number of hydrogen-bond acceptors (Lipinski definition) is 3. The Morgan fingerprint density at radius 3 is 2.43 bits per heavy atom. The van der Waals surface area contributed by atoms with Crippen molar-refractivity contribution in [2.75, 3.05) is 26.7 Å². The Hall–Kier alpha value is -0.610. The Balaban J connectivity index is 1.58. The lowest BCUT2D eigenvalue weighted by molar-refractivity contribution is -0.199. The third-order valence-electron chi connectivity index (χ3n) is 6.20. The van der Waals surface area contributed by atoms with E-state index < -0.39 is 5.60 Å². The van der Waals surface area contributed by atoms with Crippen LogP contribution in [0.15, 0.2) is 0 Å². The van der Waals surface area contributed by atoms with Crippen molar-refractivity contribution in [2.45, 2.75) is 83.0 Å². The van der Waals surface area contributed by atoms with Gasteiger partial charge in [-0.1, -0.05) is 13.8 Å². The summed E-state index contributed by atoms with van der Waals surface area (Å²) < 4.78 is 6.47. The maximum absolute atomic E-state index is 12.5. The molecule has 3 rings (SSSR count). The zero-order valence-corrected chi connectivity index (χ0v) is 15.4. The highest BCUT2D eigenvalue weighted by Crippen LogP contribution is 2.51. The van der Waals surface area contributed by atoms with Crippen molar-refractivity contribution in [1.82, 2.24) is 9.80 Å². The van der Waals surface area contributed by atoms with Crippen LogP contribution in [-0.2, 0) is 9.53 Å². The van der Waals surface area contributed by atoms with Crippen LogP contribution in [0.1, 0.15) is 65.7 Å². The number of nitrogens with zero attached hydrogens (tertiary/aromatic N) is 2. The fraction of sp³-hybridized carbons (Fsp3) is 0.947. The second-order valence-corrected chi connectivity index (χ2v) is 8.49. The van der Waals surface area contributed by atoms with E-state index in [0.29, 0.717) is 6.04 Å². The lowest BCUT2D eigenvalue weighted by Gasteiger charge is -2.50. The Bertz CT molecular complexity index is 437. The molecule has 3 fully saturated rings. The summed E-state index contributed by atoms with van der Waals surface area (Å²) in [7, 11) is 2.27. The normalized spacial score (nSPS) is 33.2. The molecule has 1 aliphatic heterocycles. The smallest absolute Gasteiger partial charge is 0.254 e. The summed E-state index contributed by atoms with van der Waals surface area (Å²) in [6.45, 7) is 9.52. The quantitative estimate of drug-likeness (QED) is 0.780. The van der Waals surface area contributed by atoms with Gasteiger partial charge in [-0.15, -0.1) is 0 Å². The van der Waals surface area contributed by atoms with Gasteiger partial charge in [-0.05, 0) is 71.4 Å². The third kappa shape index (κ3) is 3.43. The predicted molar refractivity (Wildman–Crippen MR) is 92.4 cm³/mol. The van der Waals surface area contributed by atoms with Gasteiger partial charge in [-0.25, -0.2) is 0 Å². The molecule has 23 heavy (non-hydrogen) atoms. The van der Waals surface area contributed by atoms with Gasteiger partial charge in [0, 0.05) is 19.1 Å². The molecule has 0 bridgehead atoms. The Morgan fingerprint density at radius 2 is 1.91 bits per heavy atom. The lowest BCUT2D eigenvalue weighted by Crippen LogP contribution is -2.61. The van der Waals surface area contributed by atoms with Gasteiger partial charge >= 0.3 is 0 Å². The zero-order chi connectivity index (χ0) is 16.7. The van der Waals surface area contributed by atoms with Crippen LogP contribution in [0, 0.1) is 5.92 Å². The fourth-order valence-electron chi connectivity index (χ4n) is 4.36. The molecule has 132 valence electrons. The second-order valence-electron chi connectivity index (χ2n) is 8.49. The summed E-state index contributed by atoms with van der Waals surface area (Å²) in [6, 6.07) is 0.686. The van der Waals surface area contributed by atoms with Crippen LogP contribution in [0.2, 0.25) is 0 Å². The summed E-state index contributed by atoms with van der Waals surface area (Å²) in [5, 5.41) is 0. The lowest BCUT2D eigenvalue weighted by atomic mass is 9.79. The van der Waals surface area contributed by atoms with E-state index in [1.165, 1.54) is 25.8 Å². The maximum atomic E-state index is 12.5. The van der Waals surface area contributed by atoms with Crippen molar-refractivity contribution in [1.29, 1.82) is 0 Å². The second kappa shape index (κ2) is 6.36. The van der Waals surface area contributed by atoms with Crippen molar-refractivity contribution in [3.63, 3.8) is 0 Å². The van der Waals surface area contributed by atoms with Crippen LogP contribution in [0.5, 0.6) is 0 Å². The van der Waals surface area contributed by atoms with Crippen molar-refractivity contribution in [3.8, 4) is 0 Å². The minimum absolute atomic E-state index is 0.0597. The first kappa shape index (κ1) is 17.2. The van der Waals surface area contributed by atoms with Crippen LogP contribution in [0.3, 0.4) is 0 Å². The van der Waals surface area contributed by atoms with Crippen molar-refractivity contribution >= 4 is 5.91 Å². The first-order valence-electron chi connectivity index (χ1n) is 9.59. The van der Waals surface area contributed by atoms with Crippen LogP contribution in [-0.4, -0.2) is 59.6 Å². The monoisotopic (exact) mass is 322 g/mol. The van der Waals surface area contributed by atoms with Crippen molar-refractivity contribution < 1.29 is 9.53 Å². The molecule has 0 aromatic rings. The third-order valence-corrected chi connectivity index (χ3v) is 6.20. The Morgan fingerprint density at radius 1 is 1.26 bits per heavy atom. The average Bonchev–Trinajstić information content (AvgIpc) is 3.29. The highest BCUT2D eigenvalue weighted by molar-refractivity contribution is 5.89. The summed E-state index contributed by atoms with van der Waals surface area (Å²) in [5.74, 6) is 1.02. The summed E-state index contributed by atoms with van der Waals surface area (Å²) in [6.07, 6.45) is 7.76. The largest absolute Gasteiger partial charge is 0.357 e. The molecule has 3 aliphatic rings. The van der Waals surface area contributed by atoms with Crippen LogP contribution >= 0.6 is 0 Å². The van der Waals surface area contributed by atoms with Gasteiger partial charge in [0.15, 0.2) is 0 Å².